The molecule has 3 nitrogen and oxygen atoms in total. The fourth-order valence-electron chi connectivity index (χ4n) is 1.84. The van der Waals surface area contributed by atoms with Gasteiger partial charge < -0.3 is 5.11 Å². The summed E-state index contributed by atoms with van der Waals surface area (Å²) in [5.41, 5.74) is 0. The Morgan fingerprint density at radius 1 is 1.38 bits per heavy atom. The normalized spacial score (nSPS) is 17.7. The highest BCUT2D eigenvalue weighted by Crippen LogP contribution is 2.16. The molecule has 3 unspecified atom stereocenters. The van der Waals surface area contributed by atoms with Crippen molar-refractivity contribution >= 4 is 5.78 Å². The number of hydrogen-bond acceptors (Lipinski definition) is 3. The SMILES string of the molecule is CC/C=C/CC(C)C(O)C(C(C)=O)N(C)C. The van der Waals surface area contributed by atoms with Crippen molar-refractivity contribution in [2.24, 2.45) is 5.92 Å². The largest absolute Gasteiger partial charge is 0.391 e. The summed E-state index contributed by atoms with van der Waals surface area (Å²) < 4.78 is 0. The van der Waals surface area contributed by atoms with Gasteiger partial charge in [0.1, 0.15) is 5.78 Å². The number of ketones is 1. The predicted molar refractivity (Wildman–Crippen MR) is 67.4 cm³/mol. The molecule has 0 heterocycles. The van der Waals surface area contributed by atoms with Gasteiger partial charge in [-0.1, -0.05) is 26.0 Å². The van der Waals surface area contributed by atoms with Crippen LogP contribution in [0.3, 0.4) is 0 Å². The van der Waals surface area contributed by atoms with E-state index in [1.54, 1.807) is 4.90 Å². The van der Waals surface area contributed by atoms with Gasteiger partial charge in [0.05, 0.1) is 12.1 Å². The molecule has 3 atom stereocenters. The van der Waals surface area contributed by atoms with Crippen LogP contribution in [-0.4, -0.2) is 42.0 Å². The van der Waals surface area contributed by atoms with Gasteiger partial charge in [-0.15, -0.1) is 0 Å². The van der Waals surface area contributed by atoms with E-state index in [4.69, 9.17) is 0 Å². The van der Waals surface area contributed by atoms with Crippen molar-refractivity contribution in [3.8, 4) is 0 Å². The highest BCUT2D eigenvalue weighted by molar-refractivity contribution is 5.82. The molecule has 0 aromatic heterocycles. The van der Waals surface area contributed by atoms with E-state index < -0.39 is 12.1 Å². The highest BCUT2D eigenvalue weighted by Gasteiger charge is 2.29. The average Bonchev–Trinajstić information content (AvgIpc) is 2.16. The van der Waals surface area contributed by atoms with Crippen LogP contribution in [0.1, 0.15) is 33.6 Å². The highest BCUT2D eigenvalue weighted by atomic mass is 16.3. The predicted octanol–water partition coefficient (Wildman–Crippen LogP) is 1.86. The second kappa shape index (κ2) is 7.58. The molecule has 3 heteroatoms. The second-order valence-corrected chi connectivity index (χ2v) is 4.60. The summed E-state index contributed by atoms with van der Waals surface area (Å²) >= 11 is 0. The Morgan fingerprint density at radius 3 is 2.31 bits per heavy atom. The molecule has 1 N–H and O–H groups in total. The maximum atomic E-state index is 11.4. The molecule has 0 fully saturated rings. The summed E-state index contributed by atoms with van der Waals surface area (Å²) in [6.45, 7) is 5.59. The molecule has 94 valence electrons. The number of aliphatic hydroxyl groups is 1. The van der Waals surface area contributed by atoms with Crippen LogP contribution in [0.2, 0.25) is 0 Å². The molecule has 0 rings (SSSR count). The topological polar surface area (TPSA) is 40.5 Å². The number of hydrogen-bond donors (Lipinski definition) is 1. The summed E-state index contributed by atoms with van der Waals surface area (Å²) in [6.07, 6.45) is 5.37. The Balaban J connectivity index is 4.43. The lowest BCUT2D eigenvalue weighted by Crippen LogP contribution is -2.47. The lowest BCUT2D eigenvalue weighted by atomic mass is 9.92. The Labute approximate surface area is 99.1 Å². The van der Waals surface area contributed by atoms with Gasteiger partial charge in [0.15, 0.2) is 0 Å². The minimum Gasteiger partial charge on any atom is -0.391 e. The first-order chi connectivity index (χ1) is 7.41. The first-order valence-electron chi connectivity index (χ1n) is 5.91. The zero-order chi connectivity index (χ0) is 12.7. The maximum absolute atomic E-state index is 11.4. The van der Waals surface area contributed by atoms with Gasteiger partial charge in [0.25, 0.3) is 0 Å². The Bertz CT molecular complexity index is 236. The van der Waals surface area contributed by atoms with Crippen LogP contribution in [0.5, 0.6) is 0 Å². The number of aliphatic hydroxyl groups excluding tert-OH is 1. The zero-order valence-corrected chi connectivity index (χ0v) is 11.1. The maximum Gasteiger partial charge on any atom is 0.149 e. The minimum absolute atomic E-state index is 0.0174. The van der Waals surface area contributed by atoms with Crippen molar-refractivity contribution in [3.63, 3.8) is 0 Å². The van der Waals surface area contributed by atoms with Crippen molar-refractivity contribution in [1.82, 2.24) is 4.90 Å². The van der Waals surface area contributed by atoms with Gasteiger partial charge in [0.2, 0.25) is 0 Å². The van der Waals surface area contributed by atoms with E-state index in [-0.39, 0.29) is 11.7 Å². The molecule has 0 amide bonds. The third-order valence-electron chi connectivity index (χ3n) is 2.79. The summed E-state index contributed by atoms with van der Waals surface area (Å²) in [4.78, 5) is 13.2. The van der Waals surface area contributed by atoms with Crippen LogP contribution in [0.15, 0.2) is 12.2 Å². The summed E-state index contributed by atoms with van der Waals surface area (Å²) in [5.74, 6) is 0.114. The molecule has 0 aliphatic rings. The van der Waals surface area contributed by atoms with Crippen LogP contribution in [0.4, 0.5) is 0 Å². The van der Waals surface area contributed by atoms with Crippen molar-refractivity contribution in [1.29, 1.82) is 0 Å². The lowest BCUT2D eigenvalue weighted by molar-refractivity contribution is -0.126. The van der Waals surface area contributed by atoms with Gasteiger partial charge in [-0.3, -0.25) is 9.69 Å². The van der Waals surface area contributed by atoms with E-state index in [9.17, 15) is 9.90 Å². The van der Waals surface area contributed by atoms with E-state index in [2.05, 4.69) is 19.1 Å². The fourth-order valence-corrected chi connectivity index (χ4v) is 1.84. The van der Waals surface area contributed by atoms with Crippen LogP contribution < -0.4 is 0 Å². The molecule has 0 aliphatic heterocycles. The molecule has 0 radical (unpaired) electrons. The third kappa shape index (κ3) is 4.90. The molecular formula is C13H25NO2. The van der Waals surface area contributed by atoms with Gasteiger partial charge >= 0.3 is 0 Å². The van der Waals surface area contributed by atoms with Crippen LogP contribution in [0.25, 0.3) is 0 Å². The molecular weight excluding hydrogens is 202 g/mol. The van der Waals surface area contributed by atoms with Gasteiger partial charge in [0, 0.05) is 0 Å². The fraction of sp³-hybridized carbons (Fsp3) is 0.769. The molecule has 0 aliphatic carbocycles. The van der Waals surface area contributed by atoms with E-state index in [0.717, 1.165) is 12.8 Å². The standard InChI is InChI=1S/C13H25NO2/c1-6-7-8-9-10(2)13(16)12(11(3)15)14(4)5/h7-8,10,12-13,16H,6,9H2,1-5H3/b8-7+. The summed E-state index contributed by atoms with van der Waals surface area (Å²) in [7, 11) is 3.65. The molecule has 0 aromatic carbocycles. The number of Topliss-reactive ketones (excluding diaryl/α,β-unsaturated/α-hetero) is 1. The molecule has 0 spiro atoms. The molecule has 0 saturated heterocycles. The van der Waals surface area contributed by atoms with Crippen LogP contribution in [0, 0.1) is 5.92 Å². The van der Waals surface area contributed by atoms with E-state index in [1.165, 1.54) is 6.92 Å². The number of rotatable bonds is 7. The van der Waals surface area contributed by atoms with Crippen molar-refractivity contribution < 1.29 is 9.90 Å². The number of allylic oxidation sites excluding steroid dienone is 2. The smallest absolute Gasteiger partial charge is 0.149 e. The minimum atomic E-state index is -0.603. The summed E-state index contributed by atoms with van der Waals surface area (Å²) in [6, 6.07) is -0.398. The number of nitrogens with zero attached hydrogens (tertiary/aromatic N) is 1. The quantitative estimate of drug-likeness (QED) is 0.675. The first-order valence-corrected chi connectivity index (χ1v) is 5.91. The summed E-state index contributed by atoms with van der Waals surface area (Å²) in [5, 5.41) is 10.1. The molecule has 16 heavy (non-hydrogen) atoms. The monoisotopic (exact) mass is 227 g/mol. The lowest BCUT2D eigenvalue weighted by Gasteiger charge is -2.30. The Kier molecular flexibility index (Phi) is 7.26. The first kappa shape index (κ1) is 15.3. The Hall–Kier alpha value is -0.670. The van der Waals surface area contributed by atoms with Gasteiger partial charge in [-0.05, 0) is 39.8 Å². The van der Waals surface area contributed by atoms with Crippen molar-refractivity contribution in [2.45, 2.75) is 45.8 Å². The average molecular weight is 227 g/mol. The van der Waals surface area contributed by atoms with E-state index in [1.807, 2.05) is 21.0 Å². The molecule has 0 aromatic rings. The Morgan fingerprint density at radius 2 is 1.94 bits per heavy atom. The molecule has 0 saturated carbocycles. The third-order valence-corrected chi connectivity index (χ3v) is 2.79. The second-order valence-electron chi connectivity index (χ2n) is 4.60. The number of likely N-dealkylation sites (N-methyl/N-ethyl adjacent to an activating group) is 1. The number of carbonyl (C=O) groups is 1. The van der Waals surface area contributed by atoms with Gasteiger partial charge in [-0.2, -0.15) is 0 Å². The van der Waals surface area contributed by atoms with E-state index in [0.29, 0.717) is 0 Å². The van der Waals surface area contributed by atoms with Crippen molar-refractivity contribution in [3.05, 3.63) is 12.2 Å². The van der Waals surface area contributed by atoms with Crippen LogP contribution >= 0.6 is 0 Å². The zero-order valence-electron chi connectivity index (χ0n) is 11.1. The van der Waals surface area contributed by atoms with Crippen LogP contribution in [-0.2, 0) is 4.79 Å². The van der Waals surface area contributed by atoms with E-state index >= 15 is 0 Å². The van der Waals surface area contributed by atoms with Gasteiger partial charge in [-0.25, -0.2) is 0 Å². The van der Waals surface area contributed by atoms with Crippen molar-refractivity contribution in [2.75, 3.05) is 14.1 Å². The number of carbonyl (C=O) groups excluding carboxylic acids is 1. The molecule has 0 bridgehead atoms.